The van der Waals surface area contributed by atoms with Crippen LogP contribution in [0.1, 0.15) is 40.5 Å². The summed E-state index contributed by atoms with van der Waals surface area (Å²) in [6.07, 6.45) is 5.46. The monoisotopic (exact) mass is 373 g/mol. The van der Waals surface area contributed by atoms with Gasteiger partial charge < -0.3 is 10.2 Å². The maximum atomic E-state index is 12.8. The van der Waals surface area contributed by atoms with Gasteiger partial charge in [0, 0.05) is 36.5 Å². The van der Waals surface area contributed by atoms with Crippen molar-refractivity contribution in [2.75, 3.05) is 18.4 Å². The van der Waals surface area contributed by atoms with E-state index in [0.29, 0.717) is 12.4 Å². The van der Waals surface area contributed by atoms with Crippen molar-refractivity contribution in [3.8, 4) is 0 Å². The maximum Gasteiger partial charge on any atom is 0.253 e. The zero-order valence-electron chi connectivity index (χ0n) is 15.9. The Labute approximate surface area is 164 Å². The number of nitrogens with zero attached hydrogens (tertiary/aromatic N) is 4. The third-order valence-electron chi connectivity index (χ3n) is 4.95. The fourth-order valence-corrected chi connectivity index (χ4v) is 3.55. The van der Waals surface area contributed by atoms with Crippen molar-refractivity contribution in [3.63, 3.8) is 0 Å². The smallest absolute Gasteiger partial charge is 0.253 e. The van der Waals surface area contributed by atoms with Gasteiger partial charge in [0.2, 0.25) is 0 Å². The number of pyridine rings is 1. The largest absolute Gasteiger partial charge is 0.338 e. The number of rotatable bonds is 4. The quantitative estimate of drug-likeness (QED) is 0.750. The van der Waals surface area contributed by atoms with Crippen LogP contribution in [-0.4, -0.2) is 38.8 Å². The summed E-state index contributed by atoms with van der Waals surface area (Å²) in [5.41, 5.74) is 2.58. The fourth-order valence-electron chi connectivity index (χ4n) is 3.55. The lowest BCUT2D eigenvalue weighted by atomic mass is 9.94. The SMILES string of the molecule is Cc1cccc(Nc2cncc([C@@H]3CCCN(C(=O)c4ccccc4)C3)n2)n1. The van der Waals surface area contributed by atoms with E-state index in [2.05, 4.69) is 15.3 Å². The van der Waals surface area contributed by atoms with Gasteiger partial charge in [0.15, 0.2) is 0 Å². The number of aryl methyl sites for hydroxylation is 1. The molecule has 1 fully saturated rings. The van der Waals surface area contributed by atoms with E-state index in [1.807, 2.05) is 60.4 Å². The van der Waals surface area contributed by atoms with Crippen LogP contribution in [0.4, 0.5) is 11.6 Å². The van der Waals surface area contributed by atoms with Gasteiger partial charge in [-0.1, -0.05) is 24.3 Å². The van der Waals surface area contributed by atoms with Crippen LogP contribution in [0.25, 0.3) is 0 Å². The number of hydrogen-bond acceptors (Lipinski definition) is 5. The third kappa shape index (κ3) is 4.17. The first kappa shape index (κ1) is 18.1. The summed E-state index contributed by atoms with van der Waals surface area (Å²) in [6, 6.07) is 15.3. The lowest BCUT2D eigenvalue weighted by Gasteiger charge is -2.32. The van der Waals surface area contributed by atoms with Crippen molar-refractivity contribution in [2.45, 2.75) is 25.7 Å². The second-order valence-electron chi connectivity index (χ2n) is 7.07. The number of likely N-dealkylation sites (tertiary alicyclic amines) is 1. The van der Waals surface area contributed by atoms with Gasteiger partial charge in [-0.05, 0) is 44.0 Å². The molecule has 2 aromatic heterocycles. The molecule has 1 amide bonds. The molecule has 1 atom stereocenters. The Morgan fingerprint density at radius 2 is 1.89 bits per heavy atom. The molecule has 4 rings (SSSR count). The molecule has 1 aromatic carbocycles. The summed E-state index contributed by atoms with van der Waals surface area (Å²) in [7, 11) is 0. The Kier molecular flexibility index (Phi) is 5.28. The normalized spacial score (nSPS) is 16.6. The fraction of sp³-hybridized carbons (Fsp3) is 0.273. The minimum absolute atomic E-state index is 0.0801. The lowest BCUT2D eigenvalue weighted by molar-refractivity contribution is 0.0706. The van der Waals surface area contributed by atoms with Gasteiger partial charge >= 0.3 is 0 Å². The highest BCUT2D eigenvalue weighted by molar-refractivity contribution is 5.94. The van der Waals surface area contributed by atoms with E-state index in [4.69, 9.17) is 4.98 Å². The van der Waals surface area contributed by atoms with E-state index in [-0.39, 0.29) is 11.8 Å². The minimum atomic E-state index is 0.0801. The maximum absolute atomic E-state index is 12.8. The molecular formula is C22H23N5O. The van der Waals surface area contributed by atoms with Gasteiger partial charge in [-0.3, -0.25) is 9.78 Å². The van der Waals surface area contributed by atoms with Crippen molar-refractivity contribution in [1.29, 1.82) is 0 Å². The van der Waals surface area contributed by atoms with Crippen molar-refractivity contribution < 1.29 is 4.79 Å². The first-order chi connectivity index (χ1) is 13.7. The molecule has 28 heavy (non-hydrogen) atoms. The Bertz CT molecular complexity index is 960. The minimum Gasteiger partial charge on any atom is -0.338 e. The molecule has 6 heteroatoms. The van der Waals surface area contributed by atoms with Gasteiger partial charge in [0.1, 0.15) is 11.6 Å². The zero-order valence-corrected chi connectivity index (χ0v) is 15.9. The molecule has 0 bridgehead atoms. The molecule has 142 valence electrons. The van der Waals surface area contributed by atoms with Crippen LogP contribution in [0, 0.1) is 6.92 Å². The molecule has 0 unspecified atom stereocenters. The Morgan fingerprint density at radius 1 is 1.04 bits per heavy atom. The molecule has 1 saturated heterocycles. The summed E-state index contributed by atoms with van der Waals surface area (Å²) in [6.45, 7) is 3.39. The third-order valence-corrected chi connectivity index (χ3v) is 4.95. The molecule has 3 aromatic rings. The van der Waals surface area contributed by atoms with Crippen LogP contribution >= 0.6 is 0 Å². The number of anilines is 2. The first-order valence-corrected chi connectivity index (χ1v) is 9.56. The van der Waals surface area contributed by atoms with Gasteiger partial charge in [0.25, 0.3) is 5.91 Å². The highest BCUT2D eigenvalue weighted by Gasteiger charge is 2.26. The summed E-state index contributed by atoms with van der Waals surface area (Å²) >= 11 is 0. The number of amides is 1. The first-order valence-electron chi connectivity index (χ1n) is 9.56. The number of piperidine rings is 1. The van der Waals surface area contributed by atoms with E-state index in [1.165, 1.54) is 0 Å². The van der Waals surface area contributed by atoms with Crippen LogP contribution in [0.2, 0.25) is 0 Å². The van der Waals surface area contributed by atoms with E-state index < -0.39 is 0 Å². The number of aromatic nitrogens is 3. The average Bonchev–Trinajstić information content (AvgIpc) is 2.74. The molecule has 1 aliphatic heterocycles. The second kappa shape index (κ2) is 8.17. The Morgan fingerprint density at radius 3 is 2.71 bits per heavy atom. The molecule has 0 saturated carbocycles. The van der Waals surface area contributed by atoms with Gasteiger partial charge in [-0.25, -0.2) is 9.97 Å². The number of carbonyl (C=O) groups is 1. The van der Waals surface area contributed by atoms with E-state index >= 15 is 0 Å². The Hall–Kier alpha value is -3.28. The molecule has 3 heterocycles. The highest BCUT2D eigenvalue weighted by atomic mass is 16.2. The molecule has 1 N–H and O–H groups in total. The summed E-state index contributed by atoms with van der Waals surface area (Å²) in [5.74, 6) is 1.68. The van der Waals surface area contributed by atoms with Crippen LogP contribution < -0.4 is 5.32 Å². The van der Waals surface area contributed by atoms with E-state index in [1.54, 1.807) is 12.4 Å². The summed E-state index contributed by atoms with van der Waals surface area (Å²) < 4.78 is 0. The average molecular weight is 373 g/mol. The standard InChI is InChI=1S/C22H23N5O/c1-16-7-5-11-20(24-16)26-21-14-23-13-19(25-21)18-10-6-12-27(15-18)22(28)17-8-3-2-4-9-17/h2-5,7-9,11,13-14,18H,6,10,12,15H2,1H3,(H,24,25,26)/t18-/m1/s1. The molecular weight excluding hydrogens is 350 g/mol. The van der Waals surface area contributed by atoms with Crippen LogP contribution in [0.15, 0.2) is 60.9 Å². The van der Waals surface area contributed by atoms with Crippen molar-refractivity contribution in [1.82, 2.24) is 19.9 Å². The van der Waals surface area contributed by atoms with Gasteiger partial charge in [-0.2, -0.15) is 0 Å². The molecule has 0 aliphatic carbocycles. The predicted octanol–water partition coefficient (Wildman–Crippen LogP) is 3.94. The van der Waals surface area contributed by atoms with Crippen molar-refractivity contribution in [2.24, 2.45) is 0 Å². The topological polar surface area (TPSA) is 71.0 Å². The molecule has 0 spiro atoms. The number of nitrogens with one attached hydrogen (secondary N) is 1. The Balaban J connectivity index is 1.48. The van der Waals surface area contributed by atoms with Gasteiger partial charge in [0.05, 0.1) is 11.9 Å². The van der Waals surface area contributed by atoms with Crippen molar-refractivity contribution >= 4 is 17.5 Å². The summed E-state index contributed by atoms with van der Waals surface area (Å²) in [5, 5.41) is 3.22. The zero-order chi connectivity index (χ0) is 19.3. The van der Waals surface area contributed by atoms with E-state index in [0.717, 1.165) is 42.2 Å². The van der Waals surface area contributed by atoms with Crippen LogP contribution in [0.5, 0.6) is 0 Å². The lowest BCUT2D eigenvalue weighted by Crippen LogP contribution is -2.39. The van der Waals surface area contributed by atoms with Gasteiger partial charge in [-0.15, -0.1) is 0 Å². The summed E-state index contributed by atoms with van der Waals surface area (Å²) in [4.78, 5) is 28.2. The number of carbonyl (C=O) groups excluding carboxylic acids is 1. The van der Waals surface area contributed by atoms with Crippen molar-refractivity contribution in [3.05, 3.63) is 77.9 Å². The molecule has 6 nitrogen and oxygen atoms in total. The molecule has 1 aliphatic rings. The second-order valence-corrected chi connectivity index (χ2v) is 7.07. The number of benzene rings is 1. The molecule has 0 radical (unpaired) electrons. The number of hydrogen-bond donors (Lipinski definition) is 1. The van der Waals surface area contributed by atoms with E-state index in [9.17, 15) is 4.79 Å². The highest BCUT2D eigenvalue weighted by Crippen LogP contribution is 2.27. The van der Waals surface area contributed by atoms with Crippen LogP contribution in [0.3, 0.4) is 0 Å². The predicted molar refractivity (Wildman–Crippen MR) is 109 cm³/mol. The van der Waals surface area contributed by atoms with Crippen LogP contribution in [-0.2, 0) is 0 Å².